The molecular weight excluding hydrogens is 598 g/mol. The number of halogens is 1. The molecule has 1 unspecified atom stereocenters. The summed E-state index contributed by atoms with van der Waals surface area (Å²) in [4.78, 5) is 60.8. The number of carbonyl (C=O) groups excluding carboxylic acids is 3. The number of hydrogen-bond acceptors (Lipinski definition) is 7. The number of carbonyl (C=O) groups is 4. The van der Waals surface area contributed by atoms with Crippen molar-refractivity contribution in [3.63, 3.8) is 0 Å². The van der Waals surface area contributed by atoms with Gasteiger partial charge in [-0.25, -0.2) is 4.79 Å². The average Bonchev–Trinajstić information content (AvgIpc) is 3.58. The number of likely N-dealkylation sites (tertiary alicyclic amines) is 1. The quantitative estimate of drug-likeness (QED) is 0.286. The van der Waals surface area contributed by atoms with Gasteiger partial charge in [-0.1, -0.05) is 95.1 Å². The van der Waals surface area contributed by atoms with E-state index in [0.717, 1.165) is 31.2 Å². The number of carboxylic acid groups (broad SMARTS) is 1. The Kier molecular flexibility index (Phi) is 11.3. The van der Waals surface area contributed by atoms with Gasteiger partial charge in [0.25, 0.3) is 0 Å². The van der Waals surface area contributed by atoms with Gasteiger partial charge in [0.05, 0.1) is 18.3 Å². The molecule has 1 aromatic rings. The van der Waals surface area contributed by atoms with E-state index in [-0.39, 0.29) is 37.5 Å². The summed E-state index contributed by atoms with van der Waals surface area (Å²) < 4.78 is 0. The third-order valence-electron chi connectivity index (χ3n) is 9.56. The summed E-state index contributed by atoms with van der Waals surface area (Å²) in [6.07, 6.45) is 5.47. The molecule has 2 fully saturated rings. The van der Waals surface area contributed by atoms with Crippen LogP contribution in [0.5, 0.6) is 0 Å². The number of aliphatic hydroxyl groups is 1. The van der Waals surface area contributed by atoms with Crippen molar-refractivity contribution < 1.29 is 34.2 Å². The molecule has 1 saturated carbocycles. The summed E-state index contributed by atoms with van der Waals surface area (Å²) in [6, 6.07) is 5.17. The first-order valence-corrected chi connectivity index (χ1v) is 16.6. The highest BCUT2D eigenvalue weighted by molar-refractivity contribution is 6.31. The molecule has 3 N–H and O–H groups in total. The molecule has 2 amide bonds. The van der Waals surface area contributed by atoms with Crippen molar-refractivity contribution in [1.82, 2.24) is 10.2 Å². The topological polar surface area (TPSA) is 146 Å². The van der Waals surface area contributed by atoms with E-state index in [1.54, 1.807) is 12.1 Å². The van der Waals surface area contributed by atoms with Gasteiger partial charge < -0.3 is 25.3 Å². The van der Waals surface area contributed by atoms with Gasteiger partial charge in [0.2, 0.25) is 11.8 Å². The molecule has 1 spiro atoms. The summed E-state index contributed by atoms with van der Waals surface area (Å²) >= 11 is 6.21. The lowest BCUT2D eigenvalue weighted by molar-refractivity contribution is -0.150. The molecule has 2 aliphatic heterocycles. The monoisotopic (exact) mass is 645 g/mol. The van der Waals surface area contributed by atoms with Crippen molar-refractivity contribution in [1.29, 1.82) is 0 Å². The number of aliphatic hydroxyl groups excluding tert-OH is 1. The fraction of sp³-hybridized carbons (Fsp3) is 0.676. The number of Topliss-reactive ketones (excluding diaryl/α,β-unsaturated/α-hetero) is 1. The lowest BCUT2D eigenvalue weighted by atomic mass is 9.75. The van der Waals surface area contributed by atoms with E-state index < -0.39 is 47.0 Å². The standard InChI is InChI=1S/C34H48ClN3O7/c1-5-10-26(29(40)32(43)44)36-30(41)28-19-34(18-27(37-45-34)22-13-9-14-23(35)16-22)20-38(28)31(42)25(33(2,3)4)17-24(39)15-21-11-7-6-8-12-21/h9,13-14,16,21,25-26,28-29,40H,5-8,10-12,15,17-20H2,1-4H3,(H,36,41)(H,43,44)/t25-,26+,28+,29?,34-/m1/s1. The number of nitrogens with zero attached hydrogens (tertiary/aromatic N) is 2. The van der Waals surface area contributed by atoms with Crippen molar-refractivity contribution in [3.05, 3.63) is 34.9 Å². The molecule has 45 heavy (non-hydrogen) atoms. The SMILES string of the molecule is CCC[C@H](NC(=O)[C@@H]1C[C@]2(CC(c3cccc(Cl)c3)=NO2)CN1C(=O)[C@@H](CC(=O)CC1CCCCC1)C(C)(C)C)C(O)C(=O)O. The van der Waals surface area contributed by atoms with Crippen LogP contribution in [0, 0.1) is 17.3 Å². The van der Waals surface area contributed by atoms with E-state index in [1.165, 1.54) is 11.3 Å². The Labute approximate surface area is 270 Å². The van der Waals surface area contributed by atoms with Crippen LogP contribution in [0.3, 0.4) is 0 Å². The molecule has 3 aliphatic rings. The van der Waals surface area contributed by atoms with Crippen LogP contribution in [0.1, 0.15) is 104 Å². The van der Waals surface area contributed by atoms with Crippen molar-refractivity contribution >= 4 is 40.9 Å². The minimum absolute atomic E-state index is 0.0568. The molecule has 11 heteroatoms. The molecule has 248 valence electrons. The highest BCUT2D eigenvalue weighted by Crippen LogP contribution is 2.42. The van der Waals surface area contributed by atoms with Gasteiger partial charge in [-0.3, -0.25) is 14.4 Å². The molecule has 1 saturated heterocycles. The van der Waals surface area contributed by atoms with Crippen LogP contribution < -0.4 is 5.32 Å². The van der Waals surface area contributed by atoms with Crippen LogP contribution in [-0.2, 0) is 24.0 Å². The summed E-state index contributed by atoms with van der Waals surface area (Å²) in [7, 11) is 0. The molecule has 1 aromatic carbocycles. The molecule has 0 bridgehead atoms. The van der Waals surface area contributed by atoms with Gasteiger partial charge in [-0.15, -0.1) is 0 Å². The second kappa shape index (κ2) is 14.6. The molecule has 0 radical (unpaired) electrons. The average molecular weight is 646 g/mol. The maximum atomic E-state index is 14.5. The maximum absolute atomic E-state index is 14.5. The number of aliphatic carboxylic acids is 1. The molecular formula is C34H48ClN3O7. The number of oxime groups is 1. The molecule has 4 rings (SSSR count). The smallest absolute Gasteiger partial charge is 0.334 e. The number of benzene rings is 1. The first-order valence-electron chi connectivity index (χ1n) is 16.3. The van der Waals surface area contributed by atoms with E-state index in [4.69, 9.17) is 16.4 Å². The predicted molar refractivity (Wildman–Crippen MR) is 171 cm³/mol. The zero-order valence-corrected chi connectivity index (χ0v) is 27.6. The van der Waals surface area contributed by atoms with Gasteiger partial charge in [0.15, 0.2) is 11.7 Å². The highest BCUT2D eigenvalue weighted by Gasteiger charge is 2.55. The van der Waals surface area contributed by atoms with Crippen LogP contribution in [0.4, 0.5) is 0 Å². The minimum Gasteiger partial charge on any atom is -0.479 e. The Morgan fingerprint density at radius 1 is 1.18 bits per heavy atom. The molecule has 5 atom stereocenters. The van der Waals surface area contributed by atoms with E-state index in [0.29, 0.717) is 35.9 Å². The first-order chi connectivity index (χ1) is 21.2. The number of nitrogens with one attached hydrogen (secondary N) is 1. The van der Waals surface area contributed by atoms with Crippen LogP contribution in [0.2, 0.25) is 5.02 Å². The van der Waals surface area contributed by atoms with Gasteiger partial charge in [0, 0.05) is 42.2 Å². The lowest BCUT2D eigenvalue weighted by Gasteiger charge is -2.35. The third-order valence-corrected chi connectivity index (χ3v) is 9.80. The van der Waals surface area contributed by atoms with Gasteiger partial charge >= 0.3 is 5.97 Å². The van der Waals surface area contributed by atoms with Gasteiger partial charge in [0.1, 0.15) is 11.8 Å². The van der Waals surface area contributed by atoms with Crippen molar-refractivity contribution in [2.24, 2.45) is 22.4 Å². The zero-order valence-electron chi connectivity index (χ0n) is 26.9. The van der Waals surface area contributed by atoms with Crippen LogP contribution in [0.25, 0.3) is 0 Å². The lowest BCUT2D eigenvalue weighted by Crippen LogP contribution is -2.54. The summed E-state index contributed by atoms with van der Waals surface area (Å²) in [6.45, 7) is 7.68. The van der Waals surface area contributed by atoms with E-state index in [1.807, 2.05) is 39.8 Å². The second-order valence-electron chi connectivity index (χ2n) is 14.2. The van der Waals surface area contributed by atoms with E-state index >= 15 is 0 Å². The number of carboxylic acids is 1. The highest BCUT2D eigenvalue weighted by atomic mass is 35.5. The van der Waals surface area contributed by atoms with Crippen molar-refractivity contribution in [2.75, 3.05) is 6.54 Å². The van der Waals surface area contributed by atoms with Crippen LogP contribution in [0.15, 0.2) is 29.4 Å². The van der Waals surface area contributed by atoms with Gasteiger partial charge in [-0.05, 0) is 29.9 Å². The first kappa shape index (κ1) is 34.9. The van der Waals surface area contributed by atoms with E-state index in [2.05, 4.69) is 10.5 Å². The van der Waals surface area contributed by atoms with Crippen molar-refractivity contribution in [2.45, 2.75) is 122 Å². The maximum Gasteiger partial charge on any atom is 0.334 e. The minimum atomic E-state index is -1.80. The fourth-order valence-electron chi connectivity index (χ4n) is 7.01. The number of rotatable bonds is 12. The predicted octanol–water partition coefficient (Wildman–Crippen LogP) is 5.13. The normalized spacial score (nSPS) is 24.1. The van der Waals surface area contributed by atoms with Crippen LogP contribution in [-0.4, -0.2) is 74.7 Å². The summed E-state index contributed by atoms with van der Waals surface area (Å²) in [5, 5.41) is 27.4. The summed E-state index contributed by atoms with van der Waals surface area (Å²) in [5.41, 5.74) is -0.140. The summed E-state index contributed by atoms with van der Waals surface area (Å²) in [5.74, 6) is -2.60. The Morgan fingerprint density at radius 2 is 1.89 bits per heavy atom. The van der Waals surface area contributed by atoms with E-state index in [9.17, 15) is 29.4 Å². The zero-order chi connectivity index (χ0) is 32.9. The van der Waals surface area contributed by atoms with Crippen LogP contribution >= 0.6 is 11.6 Å². The number of ketones is 1. The third kappa shape index (κ3) is 8.64. The molecule has 1 aliphatic carbocycles. The Hall–Kier alpha value is -2.98. The number of amides is 2. The number of hydrogen-bond donors (Lipinski definition) is 3. The second-order valence-corrected chi connectivity index (χ2v) is 14.7. The Balaban J connectivity index is 1.60. The molecule has 0 aromatic heterocycles. The largest absolute Gasteiger partial charge is 0.479 e. The fourth-order valence-corrected chi connectivity index (χ4v) is 7.20. The van der Waals surface area contributed by atoms with Crippen molar-refractivity contribution in [3.8, 4) is 0 Å². The Bertz CT molecular complexity index is 1290. The van der Waals surface area contributed by atoms with Gasteiger partial charge in [-0.2, -0.15) is 0 Å². The Morgan fingerprint density at radius 3 is 2.51 bits per heavy atom. The molecule has 2 heterocycles. The molecule has 10 nitrogen and oxygen atoms in total.